The van der Waals surface area contributed by atoms with Crippen molar-refractivity contribution in [2.45, 2.75) is 25.4 Å². The number of amides is 1. The Kier molecular flexibility index (Phi) is 5.35. The lowest BCUT2D eigenvalue weighted by Gasteiger charge is -2.15. The van der Waals surface area contributed by atoms with Gasteiger partial charge in [-0.2, -0.15) is 5.10 Å². The van der Waals surface area contributed by atoms with Crippen molar-refractivity contribution in [2.24, 2.45) is 11.7 Å². The Labute approximate surface area is 169 Å². The molecule has 0 aliphatic heterocycles. The van der Waals surface area contributed by atoms with Crippen LogP contribution in [0, 0.1) is 5.92 Å². The van der Waals surface area contributed by atoms with Gasteiger partial charge in [-0.15, -0.1) is 0 Å². The van der Waals surface area contributed by atoms with E-state index in [9.17, 15) is 4.79 Å². The molecule has 0 spiro atoms. The molecule has 2 aromatic heterocycles. The van der Waals surface area contributed by atoms with Crippen LogP contribution in [0.3, 0.4) is 0 Å². The van der Waals surface area contributed by atoms with Crippen molar-refractivity contribution < 1.29 is 14.3 Å². The number of nitrogens with one attached hydrogen (secondary N) is 1. The SMILES string of the molecule is COc1ccc(Cn2ncc3cc(C(=O)NC(CN)C4CC4)cnc32)c(OC)c1. The lowest BCUT2D eigenvalue weighted by atomic mass is 10.1. The number of nitrogens with two attached hydrogens (primary N) is 1. The lowest BCUT2D eigenvalue weighted by Crippen LogP contribution is -2.41. The van der Waals surface area contributed by atoms with E-state index in [0.29, 0.717) is 30.2 Å². The van der Waals surface area contributed by atoms with Gasteiger partial charge in [0.25, 0.3) is 5.91 Å². The van der Waals surface area contributed by atoms with E-state index in [0.717, 1.165) is 35.3 Å². The lowest BCUT2D eigenvalue weighted by molar-refractivity contribution is 0.0933. The minimum atomic E-state index is -0.147. The highest BCUT2D eigenvalue weighted by atomic mass is 16.5. The molecule has 1 unspecified atom stereocenters. The van der Waals surface area contributed by atoms with Crippen LogP contribution in [0.5, 0.6) is 11.5 Å². The molecule has 152 valence electrons. The molecule has 1 saturated carbocycles. The quantitative estimate of drug-likeness (QED) is 0.604. The number of nitrogens with zero attached hydrogens (tertiary/aromatic N) is 3. The number of hydrogen-bond acceptors (Lipinski definition) is 6. The number of aromatic nitrogens is 3. The number of carbonyl (C=O) groups is 1. The van der Waals surface area contributed by atoms with Crippen molar-refractivity contribution in [3.63, 3.8) is 0 Å². The predicted octanol–water partition coefficient (Wildman–Crippen LogP) is 1.96. The topological polar surface area (TPSA) is 104 Å². The summed E-state index contributed by atoms with van der Waals surface area (Å²) in [6.45, 7) is 0.944. The first-order valence-electron chi connectivity index (χ1n) is 9.66. The molecule has 8 nitrogen and oxygen atoms in total. The maximum Gasteiger partial charge on any atom is 0.253 e. The first-order valence-corrected chi connectivity index (χ1v) is 9.66. The van der Waals surface area contributed by atoms with E-state index in [2.05, 4.69) is 15.4 Å². The summed E-state index contributed by atoms with van der Waals surface area (Å²) >= 11 is 0. The number of carbonyl (C=O) groups excluding carboxylic acids is 1. The highest BCUT2D eigenvalue weighted by Gasteiger charge is 2.31. The maximum absolute atomic E-state index is 12.6. The van der Waals surface area contributed by atoms with Crippen molar-refractivity contribution in [1.82, 2.24) is 20.1 Å². The van der Waals surface area contributed by atoms with Gasteiger partial charge in [-0.05, 0) is 37.0 Å². The smallest absolute Gasteiger partial charge is 0.253 e. The summed E-state index contributed by atoms with van der Waals surface area (Å²) in [6, 6.07) is 7.51. The van der Waals surface area contributed by atoms with E-state index in [1.807, 2.05) is 24.3 Å². The number of pyridine rings is 1. The van der Waals surface area contributed by atoms with E-state index >= 15 is 0 Å². The van der Waals surface area contributed by atoms with E-state index in [4.69, 9.17) is 15.2 Å². The Morgan fingerprint density at radius 3 is 2.79 bits per heavy atom. The molecular weight excluding hydrogens is 370 g/mol. The third kappa shape index (κ3) is 4.02. The van der Waals surface area contributed by atoms with Gasteiger partial charge in [0.2, 0.25) is 0 Å². The summed E-state index contributed by atoms with van der Waals surface area (Å²) in [4.78, 5) is 17.1. The van der Waals surface area contributed by atoms with Crippen molar-refractivity contribution in [3.05, 3.63) is 47.8 Å². The van der Waals surface area contributed by atoms with Crippen LogP contribution in [0.2, 0.25) is 0 Å². The van der Waals surface area contributed by atoms with Gasteiger partial charge in [0.05, 0.1) is 32.5 Å². The number of benzene rings is 1. The molecule has 1 aromatic carbocycles. The largest absolute Gasteiger partial charge is 0.497 e. The molecule has 4 rings (SSSR count). The summed E-state index contributed by atoms with van der Waals surface area (Å²) in [5.74, 6) is 1.80. The Morgan fingerprint density at radius 1 is 1.28 bits per heavy atom. The summed E-state index contributed by atoms with van der Waals surface area (Å²) in [5.41, 5.74) is 7.96. The van der Waals surface area contributed by atoms with Crippen LogP contribution in [0.15, 0.2) is 36.7 Å². The number of fused-ring (bicyclic) bond motifs is 1. The summed E-state index contributed by atoms with van der Waals surface area (Å²) < 4.78 is 12.5. The van der Waals surface area contributed by atoms with Crippen LogP contribution in [0.25, 0.3) is 11.0 Å². The van der Waals surface area contributed by atoms with Gasteiger partial charge in [0.1, 0.15) is 11.5 Å². The first kappa shape index (κ1) is 19.2. The van der Waals surface area contributed by atoms with Gasteiger partial charge in [-0.1, -0.05) is 0 Å². The van der Waals surface area contributed by atoms with E-state index in [1.54, 1.807) is 31.3 Å². The molecule has 0 radical (unpaired) electrons. The highest BCUT2D eigenvalue weighted by Crippen LogP contribution is 2.32. The van der Waals surface area contributed by atoms with Gasteiger partial charge in [0, 0.05) is 35.8 Å². The zero-order valence-electron chi connectivity index (χ0n) is 16.6. The molecule has 0 bridgehead atoms. The number of hydrogen-bond donors (Lipinski definition) is 2. The van der Waals surface area contributed by atoms with Crippen molar-refractivity contribution in [2.75, 3.05) is 20.8 Å². The maximum atomic E-state index is 12.6. The first-order chi connectivity index (χ1) is 14.1. The summed E-state index contributed by atoms with van der Waals surface area (Å²) in [5, 5.41) is 8.27. The van der Waals surface area contributed by atoms with Crippen LogP contribution < -0.4 is 20.5 Å². The standard InChI is InChI=1S/C21H25N5O3/c1-28-17-6-5-14(19(8-17)29-2)12-26-20-15(11-24-26)7-16(10-23-20)21(27)25-18(9-22)13-3-4-13/h5-8,10-11,13,18H,3-4,9,12,22H2,1-2H3,(H,25,27). The fourth-order valence-corrected chi connectivity index (χ4v) is 3.48. The molecule has 3 aromatic rings. The fraction of sp³-hybridized carbons (Fsp3) is 0.381. The molecule has 1 amide bonds. The van der Waals surface area contributed by atoms with Gasteiger partial charge in [-0.25, -0.2) is 9.67 Å². The Balaban J connectivity index is 1.55. The van der Waals surface area contributed by atoms with Crippen LogP contribution in [0.4, 0.5) is 0 Å². The van der Waals surface area contributed by atoms with Crippen LogP contribution in [-0.2, 0) is 6.54 Å². The molecule has 8 heteroatoms. The average Bonchev–Trinajstić information content (AvgIpc) is 3.53. The van der Waals surface area contributed by atoms with Gasteiger partial charge < -0.3 is 20.5 Å². The molecule has 0 saturated heterocycles. The number of ether oxygens (including phenoxy) is 2. The van der Waals surface area contributed by atoms with Gasteiger partial charge in [-0.3, -0.25) is 4.79 Å². The monoisotopic (exact) mass is 395 g/mol. The second-order valence-corrected chi connectivity index (χ2v) is 7.27. The molecule has 1 atom stereocenters. The second-order valence-electron chi connectivity index (χ2n) is 7.27. The van der Waals surface area contributed by atoms with Crippen LogP contribution in [-0.4, -0.2) is 47.5 Å². The molecule has 3 N–H and O–H groups in total. The third-order valence-corrected chi connectivity index (χ3v) is 5.31. The Bertz CT molecular complexity index is 1030. The Hall–Kier alpha value is -3.13. The van der Waals surface area contributed by atoms with Crippen LogP contribution in [0.1, 0.15) is 28.8 Å². The van der Waals surface area contributed by atoms with Crippen molar-refractivity contribution >= 4 is 16.9 Å². The molecule has 1 aliphatic carbocycles. The molecule has 1 aliphatic rings. The highest BCUT2D eigenvalue weighted by molar-refractivity contribution is 5.97. The fourth-order valence-electron chi connectivity index (χ4n) is 3.48. The molecule has 1 fully saturated rings. The average molecular weight is 395 g/mol. The summed E-state index contributed by atoms with van der Waals surface area (Å²) in [6.07, 6.45) is 5.56. The second kappa shape index (κ2) is 8.08. The zero-order valence-corrected chi connectivity index (χ0v) is 16.6. The third-order valence-electron chi connectivity index (χ3n) is 5.31. The van der Waals surface area contributed by atoms with Crippen molar-refractivity contribution in [3.8, 4) is 11.5 Å². The van der Waals surface area contributed by atoms with Gasteiger partial charge in [0.15, 0.2) is 5.65 Å². The zero-order chi connectivity index (χ0) is 20.4. The Morgan fingerprint density at radius 2 is 2.10 bits per heavy atom. The van der Waals surface area contributed by atoms with E-state index in [1.165, 1.54) is 0 Å². The van der Waals surface area contributed by atoms with Crippen molar-refractivity contribution in [1.29, 1.82) is 0 Å². The number of rotatable bonds is 8. The van der Waals surface area contributed by atoms with E-state index in [-0.39, 0.29) is 11.9 Å². The number of methoxy groups -OCH3 is 2. The molecule has 2 heterocycles. The van der Waals surface area contributed by atoms with Crippen LogP contribution >= 0.6 is 0 Å². The van der Waals surface area contributed by atoms with Gasteiger partial charge >= 0.3 is 0 Å². The minimum absolute atomic E-state index is 0.0310. The minimum Gasteiger partial charge on any atom is -0.497 e. The van der Waals surface area contributed by atoms with E-state index < -0.39 is 0 Å². The predicted molar refractivity (Wildman–Crippen MR) is 109 cm³/mol. The molecule has 29 heavy (non-hydrogen) atoms. The summed E-state index contributed by atoms with van der Waals surface area (Å²) in [7, 11) is 3.24. The normalized spacial score (nSPS) is 14.6. The molecular formula is C21H25N5O3.